The number of ether oxygens (including phenoxy) is 1. The first-order valence-corrected chi connectivity index (χ1v) is 11.9. The van der Waals surface area contributed by atoms with Gasteiger partial charge in [-0.1, -0.05) is 60.7 Å². The van der Waals surface area contributed by atoms with Gasteiger partial charge in [0.25, 0.3) is 0 Å². The van der Waals surface area contributed by atoms with Crippen molar-refractivity contribution in [2.24, 2.45) is 0 Å². The molecule has 3 unspecified atom stereocenters. The second-order valence-electron chi connectivity index (χ2n) is 8.56. The van der Waals surface area contributed by atoms with Crippen molar-refractivity contribution in [3.8, 4) is 0 Å². The Morgan fingerprint density at radius 2 is 1.30 bits per heavy atom. The Bertz CT molecular complexity index is 1170. The third kappa shape index (κ3) is 8.60. The number of amides is 3. The molecule has 3 rings (SSSR count). The van der Waals surface area contributed by atoms with Crippen molar-refractivity contribution in [3.05, 3.63) is 90.0 Å². The summed E-state index contributed by atoms with van der Waals surface area (Å²) in [4.78, 5) is 57.8. The van der Waals surface area contributed by atoms with Gasteiger partial charge >= 0.3 is 5.97 Å². The van der Waals surface area contributed by atoms with Crippen molar-refractivity contribution in [2.45, 2.75) is 44.3 Å². The quantitative estimate of drug-likeness (QED) is 0.272. The summed E-state index contributed by atoms with van der Waals surface area (Å²) in [6.07, 6.45) is 3.57. The van der Waals surface area contributed by atoms with Crippen molar-refractivity contribution >= 4 is 23.7 Å². The van der Waals surface area contributed by atoms with Crippen LogP contribution < -0.4 is 16.0 Å². The molecule has 10 heteroatoms. The number of carbonyl (C=O) groups excluding carboxylic acids is 4. The highest BCUT2D eigenvalue weighted by atomic mass is 16.5. The average Bonchev–Trinajstić information content (AvgIpc) is 3.41. The molecule has 3 aromatic rings. The van der Waals surface area contributed by atoms with Gasteiger partial charge in [-0.3, -0.25) is 14.4 Å². The van der Waals surface area contributed by atoms with Crippen LogP contribution >= 0.6 is 0 Å². The molecule has 1 heterocycles. The molecule has 0 bridgehead atoms. The van der Waals surface area contributed by atoms with Gasteiger partial charge in [0.1, 0.15) is 18.1 Å². The molecule has 194 valence electrons. The minimum atomic E-state index is -1.02. The lowest BCUT2D eigenvalue weighted by Gasteiger charge is -2.25. The van der Waals surface area contributed by atoms with E-state index in [9.17, 15) is 19.2 Å². The van der Waals surface area contributed by atoms with Crippen LogP contribution in [0.3, 0.4) is 0 Å². The first-order chi connectivity index (χ1) is 17.9. The zero-order chi connectivity index (χ0) is 26.6. The summed E-state index contributed by atoms with van der Waals surface area (Å²) in [5.41, 5.74) is 2.30. The molecule has 0 aliphatic carbocycles. The Labute approximate surface area is 215 Å². The van der Waals surface area contributed by atoms with Crippen molar-refractivity contribution in [3.63, 3.8) is 0 Å². The molecular formula is C27H31N5O5. The smallest absolute Gasteiger partial charge is 0.328 e. The van der Waals surface area contributed by atoms with Gasteiger partial charge in [-0.2, -0.15) is 0 Å². The van der Waals surface area contributed by atoms with Gasteiger partial charge in [-0.05, 0) is 11.1 Å². The maximum Gasteiger partial charge on any atom is 0.328 e. The van der Waals surface area contributed by atoms with Gasteiger partial charge < -0.3 is 25.7 Å². The van der Waals surface area contributed by atoms with Crippen LogP contribution in [0.25, 0.3) is 0 Å². The molecule has 0 spiro atoms. The first kappa shape index (κ1) is 27.1. The predicted octanol–water partition coefficient (Wildman–Crippen LogP) is 1.08. The van der Waals surface area contributed by atoms with Gasteiger partial charge in [0.05, 0.1) is 13.4 Å². The summed E-state index contributed by atoms with van der Waals surface area (Å²) >= 11 is 0. The lowest BCUT2D eigenvalue weighted by atomic mass is 10.0. The number of nitrogens with one attached hydrogen (secondary N) is 4. The number of esters is 1. The summed E-state index contributed by atoms with van der Waals surface area (Å²) < 4.78 is 4.87. The van der Waals surface area contributed by atoms with Crippen molar-refractivity contribution in [2.75, 3.05) is 7.11 Å². The molecule has 4 N–H and O–H groups in total. The zero-order valence-corrected chi connectivity index (χ0v) is 20.8. The number of benzene rings is 2. The van der Waals surface area contributed by atoms with Crippen LogP contribution in [-0.2, 0) is 43.2 Å². The van der Waals surface area contributed by atoms with E-state index in [2.05, 4.69) is 25.9 Å². The van der Waals surface area contributed by atoms with Crippen LogP contribution in [0.2, 0.25) is 0 Å². The summed E-state index contributed by atoms with van der Waals surface area (Å²) in [5.74, 6) is -2.08. The molecular weight excluding hydrogens is 474 g/mol. The Balaban J connectivity index is 1.80. The molecule has 0 fully saturated rings. The lowest BCUT2D eigenvalue weighted by Crippen LogP contribution is -2.57. The molecule has 0 radical (unpaired) electrons. The molecule has 0 aliphatic heterocycles. The molecule has 10 nitrogen and oxygen atoms in total. The highest BCUT2D eigenvalue weighted by molar-refractivity contribution is 5.93. The Hall–Kier alpha value is -4.47. The number of hydrogen-bond donors (Lipinski definition) is 4. The van der Waals surface area contributed by atoms with E-state index >= 15 is 0 Å². The molecule has 0 saturated carbocycles. The van der Waals surface area contributed by atoms with Gasteiger partial charge in [0.15, 0.2) is 0 Å². The van der Waals surface area contributed by atoms with Crippen LogP contribution in [0.5, 0.6) is 0 Å². The normalized spacial score (nSPS) is 13.0. The fourth-order valence-corrected chi connectivity index (χ4v) is 3.86. The van der Waals surface area contributed by atoms with E-state index in [0.717, 1.165) is 11.1 Å². The predicted molar refractivity (Wildman–Crippen MR) is 136 cm³/mol. The maximum atomic E-state index is 13.4. The first-order valence-electron chi connectivity index (χ1n) is 11.9. The fraction of sp³-hybridized carbons (Fsp3) is 0.296. The summed E-state index contributed by atoms with van der Waals surface area (Å²) in [6.45, 7) is 1.33. The minimum absolute atomic E-state index is 0.132. The second kappa shape index (κ2) is 13.6. The maximum absolute atomic E-state index is 13.4. The van der Waals surface area contributed by atoms with Gasteiger partial charge in [0.2, 0.25) is 17.7 Å². The fourth-order valence-electron chi connectivity index (χ4n) is 3.86. The Morgan fingerprint density at radius 3 is 1.76 bits per heavy atom. The van der Waals surface area contributed by atoms with Crippen LogP contribution in [0.1, 0.15) is 23.7 Å². The number of aromatic nitrogens is 2. The number of hydrogen-bond acceptors (Lipinski definition) is 6. The van der Waals surface area contributed by atoms with Gasteiger partial charge in [-0.25, -0.2) is 9.78 Å². The van der Waals surface area contributed by atoms with Crippen LogP contribution in [-0.4, -0.2) is 58.9 Å². The third-order valence-corrected chi connectivity index (χ3v) is 5.67. The highest BCUT2D eigenvalue weighted by Crippen LogP contribution is 2.08. The van der Waals surface area contributed by atoms with E-state index in [1.54, 1.807) is 6.20 Å². The zero-order valence-electron chi connectivity index (χ0n) is 20.8. The average molecular weight is 506 g/mol. The van der Waals surface area contributed by atoms with Gasteiger partial charge in [-0.15, -0.1) is 0 Å². The monoisotopic (exact) mass is 505 g/mol. The van der Waals surface area contributed by atoms with E-state index in [1.807, 2.05) is 60.7 Å². The second-order valence-corrected chi connectivity index (χ2v) is 8.56. The minimum Gasteiger partial charge on any atom is -0.467 e. The van der Waals surface area contributed by atoms with Crippen molar-refractivity contribution in [1.29, 1.82) is 0 Å². The van der Waals surface area contributed by atoms with E-state index in [0.29, 0.717) is 5.69 Å². The number of rotatable bonds is 12. The van der Waals surface area contributed by atoms with Crippen LogP contribution in [0.4, 0.5) is 0 Å². The molecule has 3 atom stereocenters. The SMILES string of the molecule is COC(=O)C(Cc1cnc[nH]1)NC(=O)C(Cc1ccccc1)NC(=O)C(Cc1ccccc1)NC(C)=O. The molecule has 37 heavy (non-hydrogen) atoms. The number of methoxy groups -OCH3 is 1. The van der Waals surface area contributed by atoms with Crippen LogP contribution in [0.15, 0.2) is 73.2 Å². The Kier molecular flexibility index (Phi) is 9.95. The molecule has 0 saturated heterocycles. The van der Waals surface area contributed by atoms with Crippen LogP contribution in [0, 0.1) is 0 Å². The van der Waals surface area contributed by atoms with E-state index in [1.165, 1.54) is 20.4 Å². The third-order valence-electron chi connectivity index (χ3n) is 5.67. The van der Waals surface area contributed by atoms with Gasteiger partial charge in [0, 0.05) is 38.1 Å². The van der Waals surface area contributed by atoms with E-state index in [-0.39, 0.29) is 25.2 Å². The number of aromatic amines is 1. The standard InChI is InChI=1S/C27H31N5O5/c1-18(33)30-22(13-19-9-5-3-6-10-19)25(34)31-23(14-20-11-7-4-8-12-20)26(35)32-24(27(36)37-2)15-21-16-28-17-29-21/h3-12,16-17,22-24H,13-15H2,1-2H3,(H,28,29)(H,30,33)(H,31,34)(H,32,35). The van der Waals surface area contributed by atoms with E-state index < -0.39 is 35.9 Å². The number of imidazole rings is 1. The number of H-pyrrole nitrogens is 1. The number of carbonyl (C=O) groups is 4. The Morgan fingerprint density at radius 1 is 0.784 bits per heavy atom. The topological polar surface area (TPSA) is 142 Å². The molecule has 1 aromatic heterocycles. The van der Waals surface area contributed by atoms with E-state index in [4.69, 9.17) is 4.74 Å². The number of nitrogens with zero attached hydrogens (tertiary/aromatic N) is 1. The van der Waals surface area contributed by atoms with Crippen molar-refractivity contribution in [1.82, 2.24) is 25.9 Å². The lowest BCUT2D eigenvalue weighted by molar-refractivity contribution is -0.145. The summed E-state index contributed by atoms with van der Waals surface area (Å²) in [7, 11) is 1.24. The highest BCUT2D eigenvalue weighted by Gasteiger charge is 2.30. The summed E-state index contributed by atoms with van der Waals surface area (Å²) in [6, 6.07) is 15.5. The molecule has 0 aliphatic rings. The van der Waals surface area contributed by atoms with Crippen molar-refractivity contribution < 1.29 is 23.9 Å². The largest absolute Gasteiger partial charge is 0.467 e. The summed E-state index contributed by atoms with van der Waals surface area (Å²) in [5, 5.41) is 8.14. The molecule has 2 aromatic carbocycles. The molecule has 3 amide bonds.